The molecule has 0 amide bonds. The molecule has 1 aliphatic rings. The highest BCUT2D eigenvalue weighted by Crippen LogP contribution is 2.31. The molecule has 0 bridgehead atoms. The molecule has 0 radical (unpaired) electrons. The molecule has 1 aromatic rings. The van der Waals surface area contributed by atoms with E-state index in [2.05, 4.69) is 0 Å². The molecule has 2 rings (SSSR count). The van der Waals surface area contributed by atoms with Crippen LogP contribution in [-0.2, 0) is 15.7 Å². The Morgan fingerprint density at radius 2 is 2.04 bits per heavy atom. The van der Waals surface area contributed by atoms with Gasteiger partial charge in [-0.25, -0.2) is 0 Å². The zero-order valence-electron chi connectivity index (χ0n) is 13.6. The molecule has 1 saturated heterocycles. The Labute approximate surface area is 139 Å². The number of alkyl halides is 3. The molecular weight excluding hydrogens is 323 g/mol. The van der Waals surface area contributed by atoms with E-state index in [1.54, 1.807) is 6.92 Å². The summed E-state index contributed by atoms with van der Waals surface area (Å²) in [7, 11) is 0. The molecule has 0 aliphatic carbocycles. The van der Waals surface area contributed by atoms with E-state index in [0.29, 0.717) is 32.5 Å². The second-order valence-electron chi connectivity index (χ2n) is 5.97. The van der Waals surface area contributed by atoms with E-state index < -0.39 is 17.8 Å². The average Bonchev–Trinajstić information content (AvgIpc) is 2.55. The van der Waals surface area contributed by atoms with Gasteiger partial charge in [-0.05, 0) is 50.6 Å². The molecule has 1 aliphatic heterocycles. The zero-order chi connectivity index (χ0) is 17.7. The predicted molar refractivity (Wildman–Crippen MR) is 82.2 cm³/mol. The number of β-amino-alcohol motifs (C(OH)–C–C–N with tert-alkyl or cyclic N) is 1. The van der Waals surface area contributed by atoms with E-state index in [1.807, 2.05) is 4.90 Å². The van der Waals surface area contributed by atoms with Crippen LogP contribution in [0, 0.1) is 5.92 Å². The molecule has 0 saturated carbocycles. The number of halogens is 3. The minimum atomic E-state index is -4.42. The fraction of sp³-hybridized carbons (Fsp3) is 0.588. The summed E-state index contributed by atoms with van der Waals surface area (Å²) >= 11 is 0. The van der Waals surface area contributed by atoms with Gasteiger partial charge in [0.1, 0.15) is 0 Å². The smallest absolute Gasteiger partial charge is 0.416 e. The first kappa shape index (κ1) is 18.7. The number of hydrogen-bond donors (Lipinski definition) is 1. The van der Waals surface area contributed by atoms with E-state index in [0.717, 1.165) is 12.1 Å². The predicted octanol–water partition coefficient (Wildman–Crippen LogP) is 3.01. The van der Waals surface area contributed by atoms with Gasteiger partial charge in [-0.15, -0.1) is 0 Å². The summed E-state index contributed by atoms with van der Waals surface area (Å²) < 4.78 is 43.2. The van der Waals surface area contributed by atoms with Crippen molar-refractivity contribution in [1.29, 1.82) is 0 Å². The highest BCUT2D eigenvalue weighted by atomic mass is 19.4. The molecule has 24 heavy (non-hydrogen) atoms. The average molecular weight is 345 g/mol. The Balaban J connectivity index is 1.90. The maximum Gasteiger partial charge on any atom is 0.416 e. The van der Waals surface area contributed by atoms with Crippen LogP contribution in [0.15, 0.2) is 24.3 Å². The van der Waals surface area contributed by atoms with Crippen LogP contribution in [0.2, 0.25) is 0 Å². The Morgan fingerprint density at radius 1 is 1.38 bits per heavy atom. The molecule has 1 fully saturated rings. The van der Waals surface area contributed by atoms with Crippen molar-refractivity contribution in [3.8, 4) is 0 Å². The van der Waals surface area contributed by atoms with Crippen molar-refractivity contribution in [2.45, 2.75) is 32.0 Å². The van der Waals surface area contributed by atoms with Crippen molar-refractivity contribution in [3.05, 3.63) is 35.4 Å². The summed E-state index contributed by atoms with van der Waals surface area (Å²) in [6.07, 6.45) is -4.15. The van der Waals surface area contributed by atoms with E-state index in [4.69, 9.17) is 4.74 Å². The van der Waals surface area contributed by atoms with Crippen molar-refractivity contribution < 1.29 is 27.8 Å². The van der Waals surface area contributed by atoms with Gasteiger partial charge in [-0.2, -0.15) is 13.2 Å². The maximum absolute atomic E-state index is 12.7. The lowest BCUT2D eigenvalue weighted by atomic mass is 9.96. The van der Waals surface area contributed by atoms with Gasteiger partial charge >= 0.3 is 12.1 Å². The summed E-state index contributed by atoms with van der Waals surface area (Å²) in [6, 6.07) is 4.76. The third-order valence-electron chi connectivity index (χ3n) is 4.24. The highest BCUT2D eigenvalue weighted by molar-refractivity contribution is 5.72. The van der Waals surface area contributed by atoms with Crippen LogP contribution >= 0.6 is 0 Å². The van der Waals surface area contributed by atoms with Crippen LogP contribution in [0.25, 0.3) is 0 Å². The second-order valence-corrected chi connectivity index (χ2v) is 5.97. The summed E-state index contributed by atoms with van der Waals surface area (Å²) in [4.78, 5) is 13.6. The number of carbonyl (C=O) groups excluding carboxylic acids is 1. The number of rotatable bonds is 5. The first-order valence-corrected chi connectivity index (χ1v) is 8.05. The Hall–Kier alpha value is -1.60. The highest BCUT2D eigenvalue weighted by Gasteiger charge is 2.31. The Morgan fingerprint density at radius 3 is 2.62 bits per heavy atom. The second kappa shape index (κ2) is 7.98. The van der Waals surface area contributed by atoms with Gasteiger partial charge in [-0.1, -0.05) is 12.1 Å². The molecule has 1 unspecified atom stereocenters. The van der Waals surface area contributed by atoms with Gasteiger partial charge in [0, 0.05) is 6.54 Å². The van der Waals surface area contributed by atoms with Crippen LogP contribution in [0.5, 0.6) is 0 Å². The van der Waals surface area contributed by atoms with Crippen molar-refractivity contribution in [3.63, 3.8) is 0 Å². The summed E-state index contributed by atoms with van der Waals surface area (Å²) in [5.74, 6) is -0.331. The molecule has 4 nitrogen and oxygen atoms in total. The van der Waals surface area contributed by atoms with Gasteiger partial charge in [0.2, 0.25) is 0 Å². The minimum Gasteiger partial charge on any atom is -0.466 e. The number of esters is 1. The SMILES string of the molecule is CCOC(=O)C1CCN(CC(O)c2cccc(C(F)(F)F)c2)CC1. The van der Waals surface area contributed by atoms with Crippen molar-refractivity contribution in [2.24, 2.45) is 5.92 Å². The molecule has 1 aromatic carbocycles. The minimum absolute atomic E-state index is 0.132. The van der Waals surface area contributed by atoms with Crippen LogP contribution in [-0.4, -0.2) is 42.2 Å². The summed E-state index contributed by atoms with van der Waals surface area (Å²) in [5, 5.41) is 10.2. The third-order valence-corrected chi connectivity index (χ3v) is 4.24. The molecule has 1 N–H and O–H groups in total. The standard InChI is InChI=1S/C17H22F3NO3/c1-2-24-16(23)12-6-8-21(9-7-12)11-15(22)13-4-3-5-14(10-13)17(18,19)20/h3-5,10,12,15,22H,2,6-9,11H2,1H3. The molecule has 1 heterocycles. The van der Waals surface area contributed by atoms with E-state index in [9.17, 15) is 23.1 Å². The number of hydrogen-bond acceptors (Lipinski definition) is 4. The van der Waals surface area contributed by atoms with Gasteiger partial charge < -0.3 is 14.7 Å². The Bertz CT molecular complexity index is 554. The van der Waals surface area contributed by atoms with E-state index in [1.165, 1.54) is 12.1 Å². The largest absolute Gasteiger partial charge is 0.466 e. The molecular formula is C17H22F3NO3. The molecule has 0 spiro atoms. The Kier molecular flexibility index (Phi) is 6.23. The van der Waals surface area contributed by atoms with Crippen LogP contribution < -0.4 is 0 Å². The first-order valence-electron chi connectivity index (χ1n) is 8.05. The fourth-order valence-corrected chi connectivity index (χ4v) is 2.88. The summed E-state index contributed by atoms with van der Waals surface area (Å²) in [5.41, 5.74) is -0.516. The lowest BCUT2D eigenvalue weighted by Gasteiger charge is -2.32. The van der Waals surface area contributed by atoms with E-state index in [-0.39, 0.29) is 24.0 Å². The van der Waals surface area contributed by atoms with Crippen LogP contribution in [0.1, 0.15) is 37.0 Å². The topological polar surface area (TPSA) is 49.8 Å². The fourth-order valence-electron chi connectivity index (χ4n) is 2.88. The number of aliphatic hydroxyl groups is 1. The number of ether oxygens (including phenoxy) is 1. The number of nitrogens with zero attached hydrogens (tertiary/aromatic N) is 1. The zero-order valence-corrected chi connectivity index (χ0v) is 13.6. The number of aliphatic hydroxyl groups excluding tert-OH is 1. The summed E-state index contributed by atoms with van der Waals surface area (Å²) in [6.45, 7) is 3.58. The van der Waals surface area contributed by atoms with Crippen molar-refractivity contribution in [2.75, 3.05) is 26.2 Å². The number of likely N-dealkylation sites (tertiary alicyclic amines) is 1. The quantitative estimate of drug-likeness (QED) is 0.834. The molecule has 134 valence electrons. The van der Waals surface area contributed by atoms with Crippen LogP contribution in [0.4, 0.5) is 13.2 Å². The van der Waals surface area contributed by atoms with E-state index >= 15 is 0 Å². The monoisotopic (exact) mass is 345 g/mol. The number of piperidine rings is 1. The molecule has 7 heteroatoms. The van der Waals surface area contributed by atoms with Crippen LogP contribution in [0.3, 0.4) is 0 Å². The maximum atomic E-state index is 12.7. The van der Waals surface area contributed by atoms with Gasteiger partial charge in [0.25, 0.3) is 0 Å². The lowest BCUT2D eigenvalue weighted by molar-refractivity contribution is -0.149. The van der Waals surface area contributed by atoms with Crippen molar-refractivity contribution >= 4 is 5.97 Å². The molecule has 1 atom stereocenters. The number of benzene rings is 1. The van der Waals surface area contributed by atoms with Crippen molar-refractivity contribution in [1.82, 2.24) is 4.90 Å². The lowest BCUT2D eigenvalue weighted by Crippen LogP contribution is -2.39. The normalized spacial score (nSPS) is 18.4. The first-order chi connectivity index (χ1) is 11.3. The third kappa shape index (κ3) is 4.95. The molecule has 0 aromatic heterocycles. The number of carbonyl (C=O) groups is 1. The van der Waals surface area contributed by atoms with Gasteiger partial charge in [0.05, 0.1) is 24.2 Å². The van der Waals surface area contributed by atoms with Gasteiger partial charge in [0.15, 0.2) is 0 Å². The van der Waals surface area contributed by atoms with Gasteiger partial charge in [-0.3, -0.25) is 4.79 Å².